The molecule has 0 radical (unpaired) electrons. The molecule has 31 heavy (non-hydrogen) atoms. The summed E-state index contributed by atoms with van der Waals surface area (Å²) in [4.78, 5) is 30.7. The van der Waals surface area contributed by atoms with Crippen LogP contribution in [0.1, 0.15) is 11.3 Å². The molecule has 2 heterocycles. The van der Waals surface area contributed by atoms with E-state index >= 15 is 0 Å². The lowest BCUT2D eigenvalue weighted by Crippen LogP contribution is -2.33. The van der Waals surface area contributed by atoms with Crippen molar-refractivity contribution in [3.63, 3.8) is 0 Å². The van der Waals surface area contributed by atoms with E-state index in [9.17, 15) is 9.59 Å². The van der Waals surface area contributed by atoms with Gasteiger partial charge >= 0.3 is 5.97 Å². The van der Waals surface area contributed by atoms with Crippen molar-refractivity contribution in [2.24, 2.45) is 0 Å². The molecule has 0 unspecified atom stereocenters. The maximum Gasteiger partial charge on any atom is 0.322 e. The number of halogens is 1. The molecule has 1 amide bonds. The SMILES string of the molecule is Cc1csc(Nc2ncccc2OCc2cccc(OCC(=O)NCC(=O)O)c2)n1.Cl. The second kappa shape index (κ2) is 11.7. The van der Waals surface area contributed by atoms with Gasteiger partial charge in [-0.1, -0.05) is 12.1 Å². The van der Waals surface area contributed by atoms with Crippen LogP contribution in [0.3, 0.4) is 0 Å². The Balaban J connectivity index is 0.00000341. The van der Waals surface area contributed by atoms with E-state index in [-0.39, 0.29) is 25.6 Å². The van der Waals surface area contributed by atoms with Gasteiger partial charge in [0.2, 0.25) is 0 Å². The number of nitrogens with one attached hydrogen (secondary N) is 2. The highest BCUT2D eigenvalue weighted by Crippen LogP contribution is 2.27. The monoisotopic (exact) mass is 464 g/mol. The first-order valence-electron chi connectivity index (χ1n) is 8.97. The number of nitrogens with zero attached hydrogens (tertiary/aromatic N) is 2. The van der Waals surface area contributed by atoms with E-state index in [2.05, 4.69) is 20.6 Å². The van der Waals surface area contributed by atoms with Crippen LogP contribution >= 0.6 is 23.7 Å². The number of carbonyl (C=O) groups excluding carboxylic acids is 1. The second-order valence-electron chi connectivity index (χ2n) is 6.16. The van der Waals surface area contributed by atoms with Crippen LogP contribution in [0, 0.1) is 6.92 Å². The second-order valence-corrected chi connectivity index (χ2v) is 7.02. The molecule has 0 fully saturated rings. The minimum Gasteiger partial charge on any atom is -0.485 e. The molecule has 164 valence electrons. The highest BCUT2D eigenvalue weighted by Gasteiger charge is 2.09. The van der Waals surface area contributed by atoms with Crippen LogP contribution in [0.5, 0.6) is 11.5 Å². The number of aryl methyl sites for hydroxylation is 1. The Labute approximate surface area is 188 Å². The van der Waals surface area contributed by atoms with E-state index in [0.717, 1.165) is 16.4 Å². The number of thiazole rings is 1. The van der Waals surface area contributed by atoms with Gasteiger partial charge in [-0.05, 0) is 36.8 Å². The van der Waals surface area contributed by atoms with Crippen LogP contribution < -0.4 is 20.1 Å². The van der Waals surface area contributed by atoms with Crippen LogP contribution in [-0.2, 0) is 16.2 Å². The fraction of sp³-hybridized carbons (Fsp3) is 0.200. The van der Waals surface area contributed by atoms with Gasteiger partial charge in [-0.25, -0.2) is 9.97 Å². The molecule has 0 saturated heterocycles. The van der Waals surface area contributed by atoms with E-state index < -0.39 is 18.4 Å². The molecule has 0 aliphatic heterocycles. The van der Waals surface area contributed by atoms with Gasteiger partial charge in [0, 0.05) is 11.6 Å². The van der Waals surface area contributed by atoms with Crippen molar-refractivity contribution < 1.29 is 24.2 Å². The van der Waals surface area contributed by atoms with Crippen molar-refractivity contribution >= 4 is 46.6 Å². The van der Waals surface area contributed by atoms with E-state index in [1.165, 1.54) is 11.3 Å². The van der Waals surface area contributed by atoms with Crippen LogP contribution in [0.4, 0.5) is 10.9 Å². The molecule has 0 atom stereocenters. The molecule has 2 aromatic heterocycles. The average molecular weight is 465 g/mol. The molecule has 0 spiro atoms. The zero-order valence-electron chi connectivity index (χ0n) is 16.5. The summed E-state index contributed by atoms with van der Waals surface area (Å²) in [5.41, 5.74) is 1.76. The summed E-state index contributed by atoms with van der Waals surface area (Å²) in [6.07, 6.45) is 1.67. The lowest BCUT2D eigenvalue weighted by molar-refractivity contribution is -0.138. The average Bonchev–Trinajstić information content (AvgIpc) is 3.15. The Kier molecular flexibility index (Phi) is 9.04. The number of aliphatic carboxylic acids is 1. The van der Waals surface area contributed by atoms with Gasteiger partial charge in [0.05, 0.1) is 5.69 Å². The maximum atomic E-state index is 11.6. The molecular weight excluding hydrogens is 444 g/mol. The van der Waals surface area contributed by atoms with Crippen molar-refractivity contribution in [2.75, 3.05) is 18.5 Å². The van der Waals surface area contributed by atoms with Gasteiger partial charge in [-0.3, -0.25) is 9.59 Å². The van der Waals surface area contributed by atoms with Crippen LogP contribution in [0.25, 0.3) is 0 Å². The predicted octanol–water partition coefficient (Wildman–Crippen LogP) is 3.17. The van der Waals surface area contributed by atoms with Crippen molar-refractivity contribution in [1.29, 1.82) is 0 Å². The van der Waals surface area contributed by atoms with Gasteiger partial charge in [-0.2, -0.15) is 0 Å². The van der Waals surface area contributed by atoms with Crippen LogP contribution in [0.15, 0.2) is 48.0 Å². The maximum absolute atomic E-state index is 11.6. The van der Waals surface area contributed by atoms with Gasteiger partial charge in [0.25, 0.3) is 5.91 Å². The molecule has 1 aromatic carbocycles. The highest BCUT2D eigenvalue weighted by molar-refractivity contribution is 7.13. The summed E-state index contributed by atoms with van der Waals surface area (Å²) in [5, 5.41) is 16.6. The number of amides is 1. The quantitative estimate of drug-likeness (QED) is 0.418. The van der Waals surface area contributed by atoms with E-state index in [1.807, 2.05) is 24.4 Å². The van der Waals surface area contributed by atoms with Crippen molar-refractivity contribution in [2.45, 2.75) is 13.5 Å². The Morgan fingerprint density at radius 2 is 2.03 bits per heavy atom. The third kappa shape index (κ3) is 7.76. The first-order chi connectivity index (χ1) is 14.5. The Morgan fingerprint density at radius 3 is 2.77 bits per heavy atom. The minimum atomic E-state index is -1.11. The fourth-order valence-electron chi connectivity index (χ4n) is 2.37. The van der Waals surface area contributed by atoms with Crippen molar-refractivity contribution in [1.82, 2.24) is 15.3 Å². The van der Waals surface area contributed by atoms with Crippen molar-refractivity contribution in [3.8, 4) is 11.5 Å². The Hall–Kier alpha value is -3.37. The molecule has 9 nitrogen and oxygen atoms in total. The summed E-state index contributed by atoms with van der Waals surface area (Å²) in [6.45, 7) is 1.46. The first kappa shape index (κ1) is 23.9. The lowest BCUT2D eigenvalue weighted by Gasteiger charge is -2.12. The van der Waals surface area contributed by atoms with Crippen molar-refractivity contribution in [3.05, 3.63) is 59.2 Å². The zero-order valence-corrected chi connectivity index (χ0v) is 18.2. The van der Waals surface area contributed by atoms with E-state index in [4.69, 9.17) is 14.6 Å². The van der Waals surface area contributed by atoms with Gasteiger partial charge in [-0.15, -0.1) is 23.7 Å². The Bertz CT molecular complexity index is 1030. The molecule has 3 rings (SSSR count). The number of rotatable bonds is 10. The zero-order chi connectivity index (χ0) is 21.3. The summed E-state index contributed by atoms with van der Waals surface area (Å²) in [7, 11) is 0. The third-order valence-corrected chi connectivity index (χ3v) is 4.59. The molecular formula is C20H21ClN4O5S. The summed E-state index contributed by atoms with van der Waals surface area (Å²) in [6, 6.07) is 10.7. The number of ether oxygens (including phenoxy) is 2. The third-order valence-electron chi connectivity index (χ3n) is 3.71. The lowest BCUT2D eigenvalue weighted by atomic mass is 10.2. The number of carboxylic acids is 1. The van der Waals surface area contributed by atoms with Crippen LogP contribution in [0.2, 0.25) is 0 Å². The first-order valence-corrected chi connectivity index (χ1v) is 9.85. The number of hydrogen-bond donors (Lipinski definition) is 3. The standard InChI is InChI=1S/C20H20N4O5S.ClH/c1-13-12-30-20(23-13)24-19-16(6-3-7-21-19)29-10-14-4-2-5-15(8-14)28-11-17(25)22-9-18(26)27;/h2-8,12H,9-11H2,1H3,(H,22,25)(H,26,27)(H,21,23,24);1H. The highest BCUT2D eigenvalue weighted by atomic mass is 35.5. The largest absolute Gasteiger partial charge is 0.485 e. The molecule has 3 aromatic rings. The smallest absolute Gasteiger partial charge is 0.322 e. The van der Waals surface area contributed by atoms with Gasteiger partial charge in [0.1, 0.15) is 18.9 Å². The molecule has 11 heteroatoms. The Morgan fingerprint density at radius 1 is 1.19 bits per heavy atom. The van der Waals surface area contributed by atoms with Gasteiger partial charge < -0.3 is 25.2 Å². The number of pyridine rings is 1. The summed E-state index contributed by atoms with van der Waals surface area (Å²) in [5.74, 6) is -0.0113. The molecule has 0 saturated carbocycles. The van der Waals surface area contributed by atoms with Crippen LogP contribution in [-0.4, -0.2) is 40.1 Å². The molecule has 3 N–H and O–H groups in total. The molecule has 0 bridgehead atoms. The van der Waals surface area contributed by atoms with E-state index in [0.29, 0.717) is 17.3 Å². The molecule has 0 aliphatic rings. The number of anilines is 2. The topological polar surface area (TPSA) is 123 Å². The predicted molar refractivity (Wildman–Crippen MR) is 119 cm³/mol. The minimum absolute atomic E-state index is 0. The van der Waals surface area contributed by atoms with E-state index in [1.54, 1.807) is 30.5 Å². The number of aromatic nitrogens is 2. The molecule has 0 aliphatic carbocycles. The number of benzene rings is 1. The summed E-state index contributed by atoms with van der Waals surface area (Å²) >= 11 is 1.48. The summed E-state index contributed by atoms with van der Waals surface area (Å²) < 4.78 is 11.3. The fourth-order valence-corrected chi connectivity index (χ4v) is 3.06. The number of carbonyl (C=O) groups is 2. The number of hydrogen-bond acceptors (Lipinski definition) is 8. The van der Waals surface area contributed by atoms with Gasteiger partial charge in [0.15, 0.2) is 23.3 Å². The number of carboxylic acid groups (broad SMARTS) is 1. The normalized spacial score (nSPS) is 9.97.